The molecule has 1 aromatic rings. The molecule has 1 aromatic carbocycles. The van der Waals surface area contributed by atoms with E-state index in [4.69, 9.17) is 4.74 Å². The number of benzene rings is 1. The average Bonchev–Trinajstić information content (AvgIpc) is 2.41. The molecule has 0 unspecified atom stereocenters. The van der Waals surface area contributed by atoms with Crippen molar-refractivity contribution in [2.24, 2.45) is 0 Å². The number of morpholine rings is 1. The number of nitrogens with zero attached hydrogens (tertiary/aromatic N) is 1. The normalized spacial score (nSPS) is 16.4. The minimum absolute atomic E-state index is 0.0381. The van der Waals surface area contributed by atoms with Gasteiger partial charge in [-0.3, -0.25) is 9.69 Å². The van der Waals surface area contributed by atoms with Crippen molar-refractivity contribution in [1.29, 1.82) is 0 Å². The van der Waals surface area contributed by atoms with Gasteiger partial charge in [0.2, 0.25) is 5.91 Å². The van der Waals surface area contributed by atoms with Crippen LogP contribution < -0.4 is 5.32 Å². The molecule has 1 aliphatic rings. The third kappa shape index (κ3) is 4.30. The van der Waals surface area contributed by atoms with Gasteiger partial charge >= 0.3 is 0 Å². The second-order valence-electron chi connectivity index (χ2n) is 5.32. The zero-order chi connectivity index (χ0) is 14.5. The molecule has 0 atom stereocenters. The lowest BCUT2D eigenvalue weighted by Gasteiger charge is -2.26. The van der Waals surface area contributed by atoms with Gasteiger partial charge in [-0.05, 0) is 29.7 Å². The molecule has 0 bridgehead atoms. The van der Waals surface area contributed by atoms with Crippen molar-refractivity contribution in [3.05, 3.63) is 28.2 Å². The number of nitrogens with one attached hydrogen (secondary N) is 1. The van der Waals surface area contributed by atoms with E-state index in [0.29, 0.717) is 25.7 Å². The molecule has 1 aliphatic heterocycles. The maximum absolute atomic E-state index is 12.1. The minimum Gasteiger partial charge on any atom is -0.379 e. The molecule has 4 nitrogen and oxygen atoms in total. The molecule has 0 spiro atoms. The Morgan fingerprint density at radius 2 is 2.10 bits per heavy atom. The van der Waals surface area contributed by atoms with Gasteiger partial charge in [-0.15, -0.1) is 0 Å². The number of carbonyl (C=O) groups excluding carboxylic acids is 1. The van der Waals surface area contributed by atoms with Crippen LogP contribution in [0.25, 0.3) is 0 Å². The third-order valence-corrected chi connectivity index (χ3v) is 3.87. The van der Waals surface area contributed by atoms with Crippen LogP contribution in [0, 0.1) is 0 Å². The van der Waals surface area contributed by atoms with E-state index in [9.17, 15) is 4.79 Å². The Kier molecular flexibility index (Phi) is 5.57. The quantitative estimate of drug-likeness (QED) is 0.916. The van der Waals surface area contributed by atoms with Crippen molar-refractivity contribution in [2.75, 3.05) is 38.2 Å². The van der Waals surface area contributed by atoms with Crippen LogP contribution in [-0.4, -0.2) is 43.7 Å². The molecule has 1 amide bonds. The van der Waals surface area contributed by atoms with E-state index >= 15 is 0 Å². The van der Waals surface area contributed by atoms with E-state index in [0.717, 1.165) is 28.8 Å². The molecule has 2 rings (SSSR count). The summed E-state index contributed by atoms with van der Waals surface area (Å²) < 4.78 is 6.32. The minimum atomic E-state index is 0.0381. The topological polar surface area (TPSA) is 41.6 Å². The first-order valence-electron chi connectivity index (χ1n) is 6.95. The Hall–Kier alpha value is -0.910. The van der Waals surface area contributed by atoms with E-state index < -0.39 is 0 Å². The summed E-state index contributed by atoms with van der Waals surface area (Å²) in [6, 6.07) is 5.97. The van der Waals surface area contributed by atoms with Crippen LogP contribution in [0.2, 0.25) is 0 Å². The van der Waals surface area contributed by atoms with Crippen LogP contribution in [0.5, 0.6) is 0 Å². The van der Waals surface area contributed by atoms with Crippen LogP contribution >= 0.6 is 15.9 Å². The van der Waals surface area contributed by atoms with E-state index in [1.165, 1.54) is 0 Å². The number of hydrogen-bond donors (Lipinski definition) is 1. The highest BCUT2D eigenvalue weighted by molar-refractivity contribution is 9.10. The van der Waals surface area contributed by atoms with Gasteiger partial charge in [0.05, 0.1) is 19.8 Å². The summed E-state index contributed by atoms with van der Waals surface area (Å²) in [4.78, 5) is 14.3. The van der Waals surface area contributed by atoms with Crippen LogP contribution in [0.3, 0.4) is 0 Å². The van der Waals surface area contributed by atoms with Gasteiger partial charge in [-0.25, -0.2) is 0 Å². The molecular formula is C15H21BrN2O2. The van der Waals surface area contributed by atoms with Gasteiger partial charge in [-0.2, -0.15) is 0 Å². The van der Waals surface area contributed by atoms with E-state index in [2.05, 4.69) is 46.1 Å². The summed E-state index contributed by atoms with van der Waals surface area (Å²) in [5.74, 6) is 0.405. The SMILES string of the molecule is CC(C)c1cc(Br)ccc1NC(=O)CN1CCOCC1. The highest BCUT2D eigenvalue weighted by Gasteiger charge is 2.15. The fourth-order valence-corrected chi connectivity index (χ4v) is 2.66. The van der Waals surface area contributed by atoms with Crippen molar-refractivity contribution in [2.45, 2.75) is 19.8 Å². The summed E-state index contributed by atoms with van der Waals surface area (Å²) in [5.41, 5.74) is 2.05. The molecule has 0 saturated carbocycles. The average molecular weight is 341 g/mol. The monoisotopic (exact) mass is 340 g/mol. The Morgan fingerprint density at radius 1 is 1.40 bits per heavy atom. The summed E-state index contributed by atoms with van der Waals surface area (Å²) in [6.07, 6.45) is 0. The van der Waals surface area contributed by atoms with E-state index in [1.54, 1.807) is 0 Å². The number of amides is 1. The largest absolute Gasteiger partial charge is 0.379 e. The van der Waals surface area contributed by atoms with Crippen LogP contribution in [0.1, 0.15) is 25.3 Å². The molecule has 0 aliphatic carbocycles. The van der Waals surface area contributed by atoms with Crippen LogP contribution in [0.15, 0.2) is 22.7 Å². The standard InChI is InChI=1S/C15H21BrN2O2/c1-11(2)13-9-12(16)3-4-14(13)17-15(19)10-18-5-7-20-8-6-18/h3-4,9,11H,5-8,10H2,1-2H3,(H,17,19). The highest BCUT2D eigenvalue weighted by atomic mass is 79.9. The summed E-state index contributed by atoms with van der Waals surface area (Å²) >= 11 is 3.48. The Balaban J connectivity index is 2.00. The smallest absolute Gasteiger partial charge is 0.238 e. The second-order valence-corrected chi connectivity index (χ2v) is 6.24. The summed E-state index contributed by atoms with van der Waals surface area (Å²) in [5, 5.41) is 3.02. The Labute approximate surface area is 128 Å². The van der Waals surface area contributed by atoms with Crippen molar-refractivity contribution in [3.63, 3.8) is 0 Å². The Bertz CT molecular complexity index is 471. The van der Waals surface area contributed by atoms with Crippen molar-refractivity contribution in [3.8, 4) is 0 Å². The number of ether oxygens (including phenoxy) is 1. The molecule has 5 heteroatoms. The molecule has 110 valence electrons. The maximum atomic E-state index is 12.1. The fourth-order valence-electron chi connectivity index (χ4n) is 2.28. The predicted molar refractivity (Wildman–Crippen MR) is 84.1 cm³/mol. The first-order valence-corrected chi connectivity index (χ1v) is 7.75. The molecule has 0 radical (unpaired) electrons. The lowest BCUT2D eigenvalue weighted by molar-refractivity contribution is -0.118. The first kappa shape index (κ1) is 15.5. The van der Waals surface area contributed by atoms with Crippen LogP contribution in [0.4, 0.5) is 5.69 Å². The number of carbonyl (C=O) groups is 1. The van der Waals surface area contributed by atoms with Gasteiger partial charge in [0.15, 0.2) is 0 Å². The number of anilines is 1. The number of halogens is 1. The third-order valence-electron chi connectivity index (χ3n) is 3.38. The highest BCUT2D eigenvalue weighted by Crippen LogP contribution is 2.27. The summed E-state index contributed by atoms with van der Waals surface area (Å²) in [7, 11) is 0. The second kappa shape index (κ2) is 7.20. The number of rotatable bonds is 4. The van der Waals surface area contributed by atoms with Gasteiger partial charge in [0, 0.05) is 23.2 Å². The maximum Gasteiger partial charge on any atom is 0.238 e. The van der Waals surface area contributed by atoms with Gasteiger partial charge in [-0.1, -0.05) is 29.8 Å². The lowest BCUT2D eigenvalue weighted by Crippen LogP contribution is -2.41. The van der Waals surface area contributed by atoms with Crippen molar-refractivity contribution >= 4 is 27.5 Å². The molecule has 0 aromatic heterocycles. The number of hydrogen-bond acceptors (Lipinski definition) is 3. The zero-order valence-corrected chi connectivity index (χ0v) is 13.6. The zero-order valence-electron chi connectivity index (χ0n) is 12.0. The molecule has 20 heavy (non-hydrogen) atoms. The van der Waals surface area contributed by atoms with Gasteiger partial charge in [0.1, 0.15) is 0 Å². The van der Waals surface area contributed by atoms with E-state index in [-0.39, 0.29) is 5.91 Å². The van der Waals surface area contributed by atoms with E-state index in [1.807, 2.05) is 12.1 Å². The van der Waals surface area contributed by atoms with Crippen molar-refractivity contribution in [1.82, 2.24) is 4.90 Å². The van der Waals surface area contributed by atoms with Gasteiger partial charge < -0.3 is 10.1 Å². The molecular weight excluding hydrogens is 320 g/mol. The molecule has 1 fully saturated rings. The van der Waals surface area contributed by atoms with Crippen LogP contribution in [-0.2, 0) is 9.53 Å². The Morgan fingerprint density at radius 3 is 2.75 bits per heavy atom. The fraction of sp³-hybridized carbons (Fsp3) is 0.533. The van der Waals surface area contributed by atoms with Crippen molar-refractivity contribution < 1.29 is 9.53 Å². The predicted octanol–water partition coefficient (Wildman–Crippen LogP) is 2.84. The molecule has 1 N–H and O–H groups in total. The summed E-state index contributed by atoms with van der Waals surface area (Å²) in [6.45, 7) is 7.75. The van der Waals surface area contributed by atoms with Gasteiger partial charge in [0.25, 0.3) is 0 Å². The molecule has 1 saturated heterocycles. The lowest BCUT2D eigenvalue weighted by atomic mass is 10.0. The molecule has 1 heterocycles. The first-order chi connectivity index (χ1) is 9.56.